The maximum Gasteiger partial charge on any atom is 0.337 e. The van der Waals surface area contributed by atoms with Crippen LogP contribution in [-0.2, 0) is 0 Å². The topological polar surface area (TPSA) is 65.9 Å². The number of ether oxygens (including phenoxy) is 1. The minimum absolute atomic E-state index is 0.110. The largest absolute Gasteiger partial charge is 0.497 e. The summed E-state index contributed by atoms with van der Waals surface area (Å²) in [6.07, 6.45) is 1.38. The summed E-state index contributed by atoms with van der Waals surface area (Å²) in [4.78, 5) is 20.0. The molecule has 3 atom stereocenters. The Hall–Kier alpha value is -2.31. The quantitative estimate of drug-likeness (QED) is 0.869. The molecule has 1 aromatic carbocycles. The van der Waals surface area contributed by atoms with Crippen LogP contribution in [-0.4, -0.2) is 54.8 Å². The van der Waals surface area contributed by atoms with Gasteiger partial charge >= 0.3 is 5.97 Å². The number of carboxylic acids is 1. The molecule has 0 aliphatic carbocycles. The van der Waals surface area contributed by atoms with Crippen molar-refractivity contribution in [3.05, 3.63) is 52.7 Å². The number of aromatic carboxylic acids is 1. The van der Waals surface area contributed by atoms with Crippen LogP contribution in [0.3, 0.4) is 0 Å². The zero-order valence-electron chi connectivity index (χ0n) is 15.3. The van der Waals surface area contributed by atoms with E-state index in [-0.39, 0.29) is 5.56 Å². The molecule has 0 amide bonds. The van der Waals surface area contributed by atoms with Crippen molar-refractivity contribution in [2.45, 2.75) is 6.04 Å². The number of aromatic nitrogens is 1. The fourth-order valence-electron chi connectivity index (χ4n) is 4.51. The van der Waals surface area contributed by atoms with Crippen molar-refractivity contribution < 1.29 is 14.6 Å². The highest BCUT2D eigenvalue weighted by atomic mass is 35.5. The summed E-state index contributed by atoms with van der Waals surface area (Å²) in [5.41, 5.74) is 1.40. The fraction of sp³-hybridized carbons (Fsp3) is 0.400. The first-order valence-corrected chi connectivity index (χ1v) is 9.33. The SMILES string of the molecule is COc1ccc([C@@H]2[C@@H]3CN(c4ncc(C(=O)O)cc4Cl)C[C@@H]3CN2C)cc1. The summed E-state index contributed by atoms with van der Waals surface area (Å²) in [7, 11) is 3.85. The highest BCUT2D eigenvalue weighted by Crippen LogP contribution is 2.45. The molecule has 0 bridgehead atoms. The van der Waals surface area contributed by atoms with Gasteiger partial charge in [-0.25, -0.2) is 9.78 Å². The molecule has 2 aliphatic heterocycles. The molecular formula is C20H22ClN3O3. The summed E-state index contributed by atoms with van der Waals surface area (Å²) < 4.78 is 5.27. The van der Waals surface area contributed by atoms with Gasteiger partial charge in [-0.3, -0.25) is 4.90 Å². The van der Waals surface area contributed by atoms with Gasteiger partial charge in [0.15, 0.2) is 0 Å². The normalized spacial score (nSPS) is 24.9. The third-order valence-corrected chi connectivity index (χ3v) is 6.00. The number of methoxy groups -OCH3 is 1. The third kappa shape index (κ3) is 3.24. The van der Waals surface area contributed by atoms with E-state index >= 15 is 0 Å². The number of hydrogen-bond donors (Lipinski definition) is 1. The molecule has 3 heterocycles. The Morgan fingerprint density at radius 3 is 2.63 bits per heavy atom. The van der Waals surface area contributed by atoms with E-state index in [1.807, 2.05) is 12.1 Å². The second-order valence-electron chi connectivity index (χ2n) is 7.32. The zero-order chi connectivity index (χ0) is 19.1. The molecule has 142 valence electrons. The van der Waals surface area contributed by atoms with Crippen LogP contribution < -0.4 is 9.64 Å². The lowest BCUT2D eigenvalue weighted by atomic mass is 9.89. The number of benzene rings is 1. The maximum atomic E-state index is 11.1. The lowest BCUT2D eigenvalue weighted by Gasteiger charge is -2.27. The van der Waals surface area contributed by atoms with E-state index in [4.69, 9.17) is 21.4 Å². The molecule has 0 radical (unpaired) electrons. The monoisotopic (exact) mass is 387 g/mol. The molecule has 2 fully saturated rings. The average Bonchev–Trinajstić information content (AvgIpc) is 3.18. The Labute approximate surface area is 163 Å². The van der Waals surface area contributed by atoms with Gasteiger partial charge in [-0.05, 0) is 36.7 Å². The van der Waals surface area contributed by atoms with Crippen molar-refractivity contribution in [2.24, 2.45) is 11.8 Å². The van der Waals surface area contributed by atoms with Gasteiger partial charge in [0.2, 0.25) is 0 Å². The lowest BCUT2D eigenvalue weighted by Crippen LogP contribution is -2.29. The number of likely N-dealkylation sites (tertiary alicyclic amines) is 1. The van der Waals surface area contributed by atoms with Gasteiger partial charge in [-0.15, -0.1) is 0 Å². The van der Waals surface area contributed by atoms with E-state index < -0.39 is 5.97 Å². The second-order valence-corrected chi connectivity index (χ2v) is 7.73. The smallest absolute Gasteiger partial charge is 0.337 e. The van der Waals surface area contributed by atoms with Gasteiger partial charge in [-0.2, -0.15) is 0 Å². The van der Waals surface area contributed by atoms with Gasteiger partial charge in [0.1, 0.15) is 11.6 Å². The predicted octanol–water partition coefficient (Wildman–Crippen LogP) is 3.18. The van der Waals surface area contributed by atoms with E-state index in [1.165, 1.54) is 17.8 Å². The number of carbonyl (C=O) groups is 1. The van der Waals surface area contributed by atoms with E-state index in [1.54, 1.807) is 7.11 Å². The van der Waals surface area contributed by atoms with Crippen molar-refractivity contribution in [2.75, 3.05) is 38.7 Å². The molecule has 1 aromatic heterocycles. The van der Waals surface area contributed by atoms with Crippen LogP contribution in [0.15, 0.2) is 36.5 Å². The number of nitrogens with zero attached hydrogens (tertiary/aromatic N) is 3. The predicted molar refractivity (Wildman–Crippen MR) is 104 cm³/mol. The number of hydrogen-bond acceptors (Lipinski definition) is 5. The van der Waals surface area contributed by atoms with Crippen molar-refractivity contribution in [3.8, 4) is 5.75 Å². The first kappa shape index (κ1) is 18.1. The molecular weight excluding hydrogens is 366 g/mol. The van der Waals surface area contributed by atoms with Crippen molar-refractivity contribution >= 4 is 23.4 Å². The minimum Gasteiger partial charge on any atom is -0.497 e. The summed E-state index contributed by atoms with van der Waals surface area (Å²) in [6, 6.07) is 10.1. The van der Waals surface area contributed by atoms with Gasteiger partial charge in [-0.1, -0.05) is 23.7 Å². The summed E-state index contributed by atoms with van der Waals surface area (Å²) >= 11 is 6.33. The molecule has 4 rings (SSSR count). The Bertz CT molecular complexity index is 858. The van der Waals surface area contributed by atoms with Gasteiger partial charge in [0.05, 0.1) is 17.7 Å². The molecule has 7 heteroatoms. The number of halogens is 1. The number of carboxylic acid groups (broad SMARTS) is 1. The third-order valence-electron chi connectivity index (χ3n) is 5.72. The minimum atomic E-state index is -1.02. The van der Waals surface area contributed by atoms with Crippen LogP contribution in [0.2, 0.25) is 5.02 Å². The van der Waals surface area contributed by atoms with E-state index in [0.29, 0.717) is 28.7 Å². The molecule has 2 aliphatic rings. The maximum absolute atomic E-state index is 11.1. The molecule has 0 unspecified atom stereocenters. The lowest BCUT2D eigenvalue weighted by molar-refractivity contribution is 0.0696. The van der Waals surface area contributed by atoms with Crippen LogP contribution in [0.5, 0.6) is 5.75 Å². The standard InChI is InChI=1S/C20H22ClN3O3/c1-23-9-14-10-24(19-17(21)7-13(8-22-19)20(25)26)11-16(14)18(23)12-3-5-15(27-2)6-4-12/h3-8,14,16,18H,9-11H2,1-2H3,(H,25,26)/t14-,16+,18+/m0/s1. The molecule has 0 saturated carbocycles. The number of pyridine rings is 1. The Morgan fingerprint density at radius 2 is 2.00 bits per heavy atom. The van der Waals surface area contributed by atoms with Crippen LogP contribution in [0.25, 0.3) is 0 Å². The molecule has 2 saturated heterocycles. The Balaban J connectivity index is 1.56. The number of fused-ring (bicyclic) bond motifs is 1. The average molecular weight is 388 g/mol. The number of rotatable bonds is 4. The molecule has 6 nitrogen and oxygen atoms in total. The highest BCUT2D eigenvalue weighted by Gasteiger charge is 2.46. The molecule has 2 aromatic rings. The van der Waals surface area contributed by atoms with Crippen molar-refractivity contribution in [3.63, 3.8) is 0 Å². The number of anilines is 1. The molecule has 27 heavy (non-hydrogen) atoms. The van der Waals surface area contributed by atoms with Crippen LogP contribution in [0.4, 0.5) is 5.82 Å². The first-order valence-electron chi connectivity index (χ1n) is 8.96. The van der Waals surface area contributed by atoms with Gasteiger partial charge < -0.3 is 14.7 Å². The van der Waals surface area contributed by atoms with Crippen molar-refractivity contribution in [1.82, 2.24) is 9.88 Å². The second kappa shape index (κ2) is 7.02. The van der Waals surface area contributed by atoms with E-state index in [9.17, 15) is 4.79 Å². The fourth-order valence-corrected chi connectivity index (χ4v) is 4.80. The first-order chi connectivity index (χ1) is 13.0. The van der Waals surface area contributed by atoms with Gasteiger partial charge in [0.25, 0.3) is 0 Å². The van der Waals surface area contributed by atoms with E-state index in [2.05, 4.69) is 34.0 Å². The Morgan fingerprint density at radius 1 is 1.26 bits per heavy atom. The Kier molecular flexibility index (Phi) is 4.70. The van der Waals surface area contributed by atoms with Crippen LogP contribution in [0, 0.1) is 11.8 Å². The van der Waals surface area contributed by atoms with Crippen LogP contribution >= 0.6 is 11.6 Å². The van der Waals surface area contributed by atoms with Gasteiger partial charge in [0, 0.05) is 37.8 Å². The summed E-state index contributed by atoms with van der Waals surface area (Å²) in [6.45, 7) is 2.74. The van der Waals surface area contributed by atoms with Crippen LogP contribution in [0.1, 0.15) is 22.0 Å². The summed E-state index contributed by atoms with van der Waals surface area (Å²) in [5.74, 6) is 1.51. The molecule has 1 N–H and O–H groups in total. The zero-order valence-corrected chi connectivity index (χ0v) is 16.1. The summed E-state index contributed by atoms with van der Waals surface area (Å²) in [5, 5.41) is 9.49. The molecule has 0 spiro atoms. The van der Waals surface area contributed by atoms with E-state index in [0.717, 1.165) is 25.4 Å². The van der Waals surface area contributed by atoms with Crippen molar-refractivity contribution in [1.29, 1.82) is 0 Å². The highest BCUT2D eigenvalue weighted by molar-refractivity contribution is 6.33.